The van der Waals surface area contributed by atoms with Crippen LogP contribution in [-0.4, -0.2) is 4.57 Å². The molecular formula is C64H44N2. The molecule has 2 nitrogen and oxygen atoms in total. The zero-order chi connectivity index (χ0) is 43.8. The van der Waals surface area contributed by atoms with E-state index in [4.69, 9.17) is 0 Å². The minimum absolute atomic E-state index is 1.06. The van der Waals surface area contributed by atoms with Gasteiger partial charge in [-0.3, -0.25) is 0 Å². The second kappa shape index (κ2) is 16.8. The van der Waals surface area contributed by atoms with Crippen LogP contribution in [0.15, 0.2) is 267 Å². The highest BCUT2D eigenvalue weighted by Gasteiger charge is 2.24. The van der Waals surface area contributed by atoms with Crippen LogP contribution in [0.1, 0.15) is 0 Å². The van der Waals surface area contributed by atoms with Gasteiger partial charge in [-0.15, -0.1) is 0 Å². The average molecular weight is 841 g/mol. The number of fused-ring (bicyclic) bond motifs is 4. The first-order valence-electron chi connectivity index (χ1n) is 22.7. The molecule has 0 N–H and O–H groups in total. The van der Waals surface area contributed by atoms with Crippen molar-refractivity contribution in [2.45, 2.75) is 0 Å². The van der Waals surface area contributed by atoms with Gasteiger partial charge in [0.25, 0.3) is 0 Å². The Morgan fingerprint density at radius 2 is 0.742 bits per heavy atom. The molecule has 0 aliphatic rings. The Hall–Kier alpha value is -8.72. The molecule has 11 aromatic carbocycles. The van der Waals surface area contributed by atoms with E-state index >= 15 is 0 Å². The van der Waals surface area contributed by atoms with Crippen molar-refractivity contribution < 1.29 is 0 Å². The van der Waals surface area contributed by atoms with Crippen LogP contribution < -0.4 is 4.90 Å². The lowest BCUT2D eigenvalue weighted by Gasteiger charge is -2.29. The van der Waals surface area contributed by atoms with E-state index < -0.39 is 0 Å². The van der Waals surface area contributed by atoms with E-state index in [0.717, 1.165) is 33.7 Å². The normalized spacial score (nSPS) is 11.3. The highest BCUT2D eigenvalue weighted by Crippen LogP contribution is 2.48. The van der Waals surface area contributed by atoms with Crippen LogP contribution in [0, 0.1) is 0 Å². The number of benzene rings is 11. The van der Waals surface area contributed by atoms with Gasteiger partial charge >= 0.3 is 0 Å². The van der Waals surface area contributed by atoms with E-state index in [1.165, 1.54) is 77.3 Å². The summed E-state index contributed by atoms with van der Waals surface area (Å²) in [5.41, 5.74) is 18.4. The molecule has 0 aliphatic heterocycles. The molecule has 0 unspecified atom stereocenters. The fourth-order valence-electron chi connectivity index (χ4n) is 9.99. The third-order valence-electron chi connectivity index (χ3n) is 13.0. The summed E-state index contributed by atoms with van der Waals surface area (Å²) in [4.78, 5) is 2.47. The van der Waals surface area contributed by atoms with Crippen LogP contribution in [-0.2, 0) is 0 Å². The summed E-state index contributed by atoms with van der Waals surface area (Å²) in [6, 6.07) is 97.1. The molecule has 0 spiro atoms. The van der Waals surface area contributed by atoms with E-state index in [2.05, 4.69) is 276 Å². The molecular weight excluding hydrogens is 797 g/mol. The van der Waals surface area contributed by atoms with E-state index in [0.29, 0.717) is 0 Å². The van der Waals surface area contributed by atoms with Gasteiger partial charge < -0.3 is 9.47 Å². The van der Waals surface area contributed by atoms with Gasteiger partial charge in [-0.1, -0.05) is 231 Å². The monoisotopic (exact) mass is 840 g/mol. The number of rotatable bonds is 9. The Bertz CT molecular complexity index is 3680. The van der Waals surface area contributed by atoms with Gasteiger partial charge in [-0.2, -0.15) is 0 Å². The first kappa shape index (κ1) is 38.9. The van der Waals surface area contributed by atoms with Crippen molar-refractivity contribution in [3.63, 3.8) is 0 Å². The number of anilines is 3. The van der Waals surface area contributed by atoms with Crippen molar-refractivity contribution >= 4 is 49.6 Å². The van der Waals surface area contributed by atoms with Crippen molar-refractivity contribution in [3.8, 4) is 61.3 Å². The maximum absolute atomic E-state index is 2.51. The minimum atomic E-state index is 1.06. The van der Waals surface area contributed by atoms with Crippen LogP contribution in [0.4, 0.5) is 17.1 Å². The van der Waals surface area contributed by atoms with Crippen LogP contribution in [0.5, 0.6) is 0 Å². The van der Waals surface area contributed by atoms with E-state index in [1.54, 1.807) is 0 Å². The largest absolute Gasteiger partial charge is 0.310 e. The van der Waals surface area contributed by atoms with Crippen LogP contribution in [0.2, 0.25) is 0 Å². The number of hydrogen-bond donors (Lipinski definition) is 0. The molecule has 12 aromatic rings. The van der Waals surface area contributed by atoms with Gasteiger partial charge in [0.2, 0.25) is 0 Å². The Morgan fingerprint density at radius 1 is 0.258 bits per heavy atom. The first-order chi connectivity index (χ1) is 32.8. The highest BCUT2D eigenvalue weighted by atomic mass is 15.1. The lowest BCUT2D eigenvalue weighted by molar-refractivity contribution is 1.19. The summed E-state index contributed by atoms with van der Waals surface area (Å²) in [5.74, 6) is 0. The second-order valence-electron chi connectivity index (χ2n) is 16.8. The summed E-state index contributed by atoms with van der Waals surface area (Å²) in [5, 5.41) is 4.83. The van der Waals surface area contributed by atoms with Gasteiger partial charge in [0.15, 0.2) is 0 Å². The van der Waals surface area contributed by atoms with Gasteiger partial charge in [0, 0.05) is 38.7 Å². The SMILES string of the molecule is c1ccc(-c2ccccc2-c2ccc(-c3ccccc3-c3ccccc3)c(N(c3ccccc3)c3ccc4c5ccccc5n(-c5c(-c6ccccc6)ccc6ccccc56)c4c3)c2)cc1. The topological polar surface area (TPSA) is 8.17 Å². The predicted molar refractivity (Wildman–Crippen MR) is 280 cm³/mol. The Labute approximate surface area is 385 Å². The predicted octanol–water partition coefficient (Wildman–Crippen LogP) is 17.7. The quantitative estimate of drug-likeness (QED) is 0.141. The molecule has 0 atom stereocenters. The molecule has 0 saturated heterocycles. The summed E-state index contributed by atoms with van der Waals surface area (Å²) in [6.07, 6.45) is 0. The summed E-state index contributed by atoms with van der Waals surface area (Å²) < 4.78 is 2.51. The van der Waals surface area contributed by atoms with Crippen LogP contribution in [0.3, 0.4) is 0 Å². The van der Waals surface area contributed by atoms with Crippen LogP contribution >= 0.6 is 0 Å². The van der Waals surface area contributed by atoms with Gasteiger partial charge in [-0.05, 0) is 86.3 Å². The Morgan fingerprint density at radius 3 is 1.41 bits per heavy atom. The van der Waals surface area contributed by atoms with E-state index in [1.807, 2.05) is 0 Å². The number of hydrogen-bond acceptors (Lipinski definition) is 1. The third-order valence-corrected chi connectivity index (χ3v) is 13.0. The fraction of sp³-hybridized carbons (Fsp3) is 0. The molecule has 66 heavy (non-hydrogen) atoms. The third kappa shape index (κ3) is 6.84. The average Bonchev–Trinajstić information content (AvgIpc) is 3.72. The number of nitrogens with zero attached hydrogens (tertiary/aromatic N) is 2. The van der Waals surface area contributed by atoms with Crippen molar-refractivity contribution in [2.75, 3.05) is 4.90 Å². The summed E-state index contributed by atoms with van der Waals surface area (Å²) in [7, 11) is 0. The van der Waals surface area contributed by atoms with E-state index in [9.17, 15) is 0 Å². The molecule has 0 fully saturated rings. The van der Waals surface area contributed by atoms with Crippen molar-refractivity contribution in [3.05, 3.63) is 267 Å². The zero-order valence-corrected chi connectivity index (χ0v) is 36.3. The summed E-state index contributed by atoms with van der Waals surface area (Å²) >= 11 is 0. The molecule has 12 rings (SSSR count). The first-order valence-corrected chi connectivity index (χ1v) is 22.7. The zero-order valence-electron chi connectivity index (χ0n) is 36.3. The molecule has 1 aromatic heterocycles. The maximum Gasteiger partial charge on any atom is 0.0618 e. The smallest absolute Gasteiger partial charge is 0.0618 e. The molecule has 0 radical (unpaired) electrons. The second-order valence-corrected chi connectivity index (χ2v) is 16.8. The van der Waals surface area contributed by atoms with Crippen molar-refractivity contribution in [1.29, 1.82) is 0 Å². The highest BCUT2D eigenvalue weighted by molar-refractivity contribution is 6.13. The van der Waals surface area contributed by atoms with Gasteiger partial charge in [-0.25, -0.2) is 0 Å². The number of para-hydroxylation sites is 2. The minimum Gasteiger partial charge on any atom is -0.310 e. The van der Waals surface area contributed by atoms with Gasteiger partial charge in [0.05, 0.1) is 22.4 Å². The van der Waals surface area contributed by atoms with Crippen LogP contribution in [0.25, 0.3) is 93.9 Å². The molecule has 310 valence electrons. The molecule has 1 heterocycles. The molecule has 0 bridgehead atoms. The lowest BCUT2D eigenvalue weighted by Crippen LogP contribution is -2.12. The van der Waals surface area contributed by atoms with Gasteiger partial charge in [0.1, 0.15) is 0 Å². The molecule has 0 amide bonds. The molecule has 2 heteroatoms. The fourth-order valence-corrected chi connectivity index (χ4v) is 9.99. The van der Waals surface area contributed by atoms with Crippen molar-refractivity contribution in [1.82, 2.24) is 4.57 Å². The molecule has 0 aliphatic carbocycles. The summed E-state index contributed by atoms with van der Waals surface area (Å²) in [6.45, 7) is 0. The molecule has 0 saturated carbocycles. The number of aromatic nitrogens is 1. The van der Waals surface area contributed by atoms with E-state index in [-0.39, 0.29) is 0 Å². The lowest BCUT2D eigenvalue weighted by atomic mass is 9.89. The Balaban J connectivity index is 1.16. The standard InChI is InChI=1S/C64H44N2/c1-5-21-45(22-6-1)52-30-15-16-32-54(52)49-38-41-59(57-34-18-17-31-53(57)46-23-7-2-8-24-46)62(43-49)65(50-28-11-4-12-29-50)51-39-42-60-58-35-19-20-36-61(58)66(63(60)44-51)64-55-33-14-13-27-48(55)37-40-56(64)47-25-9-3-10-26-47/h1-44H. The van der Waals surface area contributed by atoms with Crippen molar-refractivity contribution in [2.24, 2.45) is 0 Å². The maximum atomic E-state index is 2.51. The Kier molecular flexibility index (Phi) is 9.89.